The Kier molecular flexibility index (Phi) is 3.21. The molecule has 3 N–H and O–H groups in total. The Labute approximate surface area is 113 Å². The van der Waals surface area contributed by atoms with E-state index in [4.69, 9.17) is 5.73 Å². The van der Waals surface area contributed by atoms with Crippen LogP contribution in [0.25, 0.3) is 0 Å². The molecule has 1 saturated heterocycles. The van der Waals surface area contributed by atoms with Crippen molar-refractivity contribution in [3.63, 3.8) is 0 Å². The van der Waals surface area contributed by atoms with Crippen LogP contribution >= 0.6 is 0 Å². The number of nitrogens with zero attached hydrogens (tertiary/aromatic N) is 2. The van der Waals surface area contributed by atoms with Crippen molar-refractivity contribution in [3.8, 4) is 0 Å². The molecule has 19 heavy (non-hydrogen) atoms. The second kappa shape index (κ2) is 4.87. The predicted molar refractivity (Wildman–Crippen MR) is 73.8 cm³/mol. The van der Waals surface area contributed by atoms with E-state index in [0.717, 1.165) is 25.1 Å². The summed E-state index contributed by atoms with van der Waals surface area (Å²) in [4.78, 5) is 14.8. The predicted octanol–water partition coefficient (Wildman–Crippen LogP) is 2.10. The van der Waals surface area contributed by atoms with Crippen molar-refractivity contribution >= 4 is 11.7 Å². The summed E-state index contributed by atoms with van der Waals surface area (Å²) in [6.45, 7) is 2.73. The maximum Gasteiger partial charge on any atom is 0.259 e. The van der Waals surface area contributed by atoms with Gasteiger partial charge in [0.05, 0.1) is 0 Å². The summed E-state index contributed by atoms with van der Waals surface area (Å²) < 4.78 is 0. The number of hydrogen-bond donors (Lipinski definition) is 2. The number of amides is 1. The van der Waals surface area contributed by atoms with E-state index in [2.05, 4.69) is 15.1 Å². The van der Waals surface area contributed by atoms with Crippen molar-refractivity contribution in [2.45, 2.75) is 51.5 Å². The van der Waals surface area contributed by atoms with Crippen LogP contribution in [0.5, 0.6) is 0 Å². The monoisotopic (exact) mass is 262 g/mol. The van der Waals surface area contributed by atoms with Crippen LogP contribution in [0.2, 0.25) is 0 Å². The van der Waals surface area contributed by atoms with Crippen molar-refractivity contribution in [3.05, 3.63) is 11.3 Å². The normalized spacial score (nSPS) is 27.1. The highest BCUT2D eigenvalue weighted by Gasteiger charge is 2.37. The highest BCUT2D eigenvalue weighted by Crippen LogP contribution is 2.36. The fraction of sp³-hybridized carbons (Fsp3) is 0.714. The Bertz CT molecular complexity index is 460. The van der Waals surface area contributed by atoms with Gasteiger partial charge in [-0.25, -0.2) is 0 Å². The second-order valence-electron chi connectivity index (χ2n) is 5.86. The zero-order valence-electron chi connectivity index (χ0n) is 11.5. The van der Waals surface area contributed by atoms with Crippen LogP contribution in [0, 0.1) is 12.8 Å². The molecular formula is C14H22N4O. The molecule has 5 heteroatoms. The summed E-state index contributed by atoms with van der Waals surface area (Å²) in [6.07, 6.45) is 7.36. The molecule has 1 aliphatic heterocycles. The molecule has 2 atom stereocenters. The smallest absolute Gasteiger partial charge is 0.259 e. The minimum atomic E-state index is 0.0698. The zero-order valence-corrected chi connectivity index (χ0v) is 11.5. The summed E-state index contributed by atoms with van der Waals surface area (Å²) >= 11 is 0. The average Bonchev–Trinajstić information content (AvgIpc) is 2.77. The molecule has 0 bridgehead atoms. The number of aryl methyl sites for hydroxylation is 1. The minimum absolute atomic E-state index is 0.0698. The lowest BCUT2D eigenvalue weighted by Gasteiger charge is -2.44. The van der Waals surface area contributed by atoms with E-state index in [0.29, 0.717) is 23.3 Å². The number of likely N-dealkylation sites (tertiary alicyclic amines) is 1. The molecule has 1 aromatic rings. The van der Waals surface area contributed by atoms with Crippen molar-refractivity contribution in [1.82, 2.24) is 15.1 Å². The van der Waals surface area contributed by atoms with E-state index < -0.39 is 0 Å². The van der Waals surface area contributed by atoms with Gasteiger partial charge in [-0.15, -0.1) is 0 Å². The topological polar surface area (TPSA) is 75.0 Å². The number of carbonyl (C=O) groups excluding carboxylic acids is 1. The Morgan fingerprint density at radius 3 is 2.79 bits per heavy atom. The number of H-pyrrole nitrogens is 1. The van der Waals surface area contributed by atoms with Gasteiger partial charge in [-0.1, -0.05) is 12.8 Å². The highest BCUT2D eigenvalue weighted by molar-refractivity contribution is 5.99. The van der Waals surface area contributed by atoms with Gasteiger partial charge in [0.2, 0.25) is 0 Å². The third-order valence-corrected chi connectivity index (χ3v) is 4.69. The highest BCUT2D eigenvalue weighted by atomic mass is 16.2. The first-order valence-electron chi connectivity index (χ1n) is 7.30. The van der Waals surface area contributed by atoms with Crippen molar-refractivity contribution in [1.29, 1.82) is 0 Å². The van der Waals surface area contributed by atoms with Gasteiger partial charge < -0.3 is 10.6 Å². The number of rotatable bonds is 1. The molecule has 1 aromatic heterocycles. The molecule has 0 radical (unpaired) electrons. The molecule has 2 aliphatic rings. The SMILES string of the molecule is Cc1[nH]nc(N)c1C(=O)N1CCCC2CCCCC21. The molecule has 1 amide bonds. The largest absolute Gasteiger partial charge is 0.382 e. The van der Waals surface area contributed by atoms with E-state index >= 15 is 0 Å². The van der Waals surface area contributed by atoms with Crippen LogP contribution in [-0.2, 0) is 0 Å². The third-order valence-electron chi connectivity index (χ3n) is 4.69. The van der Waals surface area contributed by atoms with Crippen LogP contribution in [0.15, 0.2) is 0 Å². The minimum Gasteiger partial charge on any atom is -0.382 e. The number of carbonyl (C=O) groups is 1. The Morgan fingerprint density at radius 2 is 2.05 bits per heavy atom. The van der Waals surface area contributed by atoms with Gasteiger partial charge in [0, 0.05) is 18.3 Å². The Morgan fingerprint density at radius 1 is 1.32 bits per heavy atom. The van der Waals surface area contributed by atoms with Crippen molar-refractivity contribution in [2.75, 3.05) is 12.3 Å². The van der Waals surface area contributed by atoms with E-state index in [1.54, 1.807) is 0 Å². The standard InChI is InChI=1S/C14H22N4O/c1-9-12(13(15)17-16-9)14(19)18-8-4-6-10-5-2-3-7-11(10)18/h10-11H,2-8H2,1H3,(H3,15,16,17). The molecule has 1 saturated carbocycles. The van der Waals surface area contributed by atoms with Crippen LogP contribution < -0.4 is 5.73 Å². The van der Waals surface area contributed by atoms with Crippen LogP contribution in [0.3, 0.4) is 0 Å². The molecule has 5 nitrogen and oxygen atoms in total. The maximum atomic E-state index is 12.7. The molecular weight excluding hydrogens is 240 g/mol. The van der Waals surface area contributed by atoms with Crippen LogP contribution in [0.1, 0.15) is 54.6 Å². The number of hydrogen-bond acceptors (Lipinski definition) is 3. The molecule has 1 aliphatic carbocycles. The lowest BCUT2D eigenvalue weighted by molar-refractivity contribution is 0.0391. The number of aromatic nitrogens is 2. The summed E-state index contributed by atoms with van der Waals surface area (Å²) in [5.41, 5.74) is 7.18. The molecule has 2 heterocycles. The number of fused-ring (bicyclic) bond motifs is 1. The molecule has 0 spiro atoms. The van der Waals surface area contributed by atoms with Gasteiger partial charge in [0.1, 0.15) is 5.56 Å². The van der Waals surface area contributed by atoms with E-state index in [1.165, 1.54) is 25.7 Å². The number of nitrogens with two attached hydrogens (primary N) is 1. The number of anilines is 1. The number of aromatic amines is 1. The number of piperidine rings is 1. The molecule has 2 unspecified atom stereocenters. The van der Waals surface area contributed by atoms with Crippen LogP contribution in [0.4, 0.5) is 5.82 Å². The van der Waals surface area contributed by atoms with Gasteiger partial charge in [0.15, 0.2) is 5.82 Å². The summed E-state index contributed by atoms with van der Waals surface area (Å²) in [7, 11) is 0. The van der Waals surface area contributed by atoms with Gasteiger partial charge in [-0.3, -0.25) is 9.89 Å². The van der Waals surface area contributed by atoms with Crippen molar-refractivity contribution in [2.24, 2.45) is 5.92 Å². The summed E-state index contributed by atoms with van der Waals surface area (Å²) in [5, 5.41) is 6.75. The van der Waals surface area contributed by atoms with Gasteiger partial charge in [0.25, 0.3) is 5.91 Å². The van der Waals surface area contributed by atoms with Crippen LogP contribution in [-0.4, -0.2) is 33.6 Å². The first-order chi connectivity index (χ1) is 9.18. The van der Waals surface area contributed by atoms with Gasteiger partial charge >= 0.3 is 0 Å². The fourth-order valence-electron chi connectivity index (χ4n) is 3.74. The Hall–Kier alpha value is -1.52. The maximum absolute atomic E-state index is 12.7. The lowest BCUT2D eigenvalue weighted by Crippen LogP contribution is -2.49. The van der Waals surface area contributed by atoms with E-state index in [1.807, 2.05) is 6.92 Å². The van der Waals surface area contributed by atoms with E-state index in [9.17, 15) is 4.79 Å². The van der Waals surface area contributed by atoms with Crippen molar-refractivity contribution < 1.29 is 4.79 Å². The lowest BCUT2D eigenvalue weighted by atomic mass is 9.78. The summed E-state index contributed by atoms with van der Waals surface area (Å²) in [6, 6.07) is 0.420. The number of nitrogens with one attached hydrogen (secondary N) is 1. The van der Waals surface area contributed by atoms with Gasteiger partial charge in [-0.05, 0) is 38.5 Å². The third kappa shape index (κ3) is 2.11. The molecule has 3 rings (SSSR count). The van der Waals surface area contributed by atoms with Gasteiger partial charge in [-0.2, -0.15) is 5.10 Å². The second-order valence-corrected chi connectivity index (χ2v) is 5.86. The first-order valence-corrected chi connectivity index (χ1v) is 7.30. The quantitative estimate of drug-likeness (QED) is 0.813. The summed E-state index contributed by atoms with van der Waals surface area (Å²) in [5.74, 6) is 1.10. The molecule has 2 fully saturated rings. The molecule has 104 valence electrons. The average molecular weight is 262 g/mol. The fourth-order valence-corrected chi connectivity index (χ4v) is 3.74. The first kappa shape index (κ1) is 12.5. The molecule has 0 aromatic carbocycles. The zero-order chi connectivity index (χ0) is 13.4. The van der Waals surface area contributed by atoms with E-state index in [-0.39, 0.29) is 5.91 Å². The Balaban J connectivity index is 1.86. The number of nitrogen functional groups attached to an aromatic ring is 1.